The number of H-pyrrole nitrogens is 1. The third-order valence-corrected chi connectivity index (χ3v) is 3.80. The molecule has 0 aliphatic carbocycles. The minimum Gasteiger partial charge on any atom is -0.375 e. The lowest BCUT2D eigenvalue weighted by atomic mass is 10.1. The molecule has 4 aromatic rings. The van der Waals surface area contributed by atoms with E-state index in [9.17, 15) is 0 Å². The number of aromatic nitrogens is 4. The number of rotatable bonds is 5. The van der Waals surface area contributed by atoms with Crippen molar-refractivity contribution < 1.29 is 4.74 Å². The molecular formula is C18H16N4O. The van der Waals surface area contributed by atoms with Crippen molar-refractivity contribution in [3.63, 3.8) is 0 Å². The summed E-state index contributed by atoms with van der Waals surface area (Å²) < 4.78 is 5.72. The molecule has 0 aliphatic heterocycles. The Morgan fingerprint density at radius 3 is 2.83 bits per heavy atom. The van der Waals surface area contributed by atoms with E-state index in [0.29, 0.717) is 13.2 Å². The van der Waals surface area contributed by atoms with E-state index in [-0.39, 0.29) is 0 Å². The Bertz CT molecular complexity index is 933. The Kier molecular flexibility index (Phi) is 3.70. The Hall–Kier alpha value is -2.79. The molecule has 23 heavy (non-hydrogen) atoms. The first-order valence-electron chi connectivity index (χ1n) is 7.60. The first-order valence-corrected chi connectivity index (χ1v) is 7.60. The third kappa shape index (κ3) is 2.78. The standard InChI is InChI=1S/C18H16N4O/c1-2-7-15-14(6-1)17-18(21-12-20-17)16(22-15)8-10-23-11-13-5-3-4-9-19-13/h1-7,9,12H,8,10-11H2,(H,20,21). The maximum Gasteiger partial charge on any atom is 0.0995 e. The average molecular weight is 304 g/mol. The van der Waals surface area contributed by atoms with Crippen LogP contribution in [0.3, 0.4) is 0 Å². The zero-order valence-corrected chi connectivity index (χ0v) is 12.6. The van der Waals surface area contributed by atoms with Crippen LogP contribution in [-0.2, 0) is 17.8 Å². The first kappa shape index (κ1) is 13.8. The molecule has 4 rings (SSSR count). The van der Waals surface area contributed by atoms with Gasteiger partial charge in [0.1, 0.15) is 0 Å². The monoisotopic (exact) mass is 304 g/mol. The largest absolute Gasteiger partial charge is 0.375 e. The molecule has 0 radical (unpaired) electrons. The van der Waals surface area contributed by atoms with Gasteiger partial charge in [0.15, 0.2) is 0 Å². The highest BCUT2D eigenvalue weighted by molar-refractivity contribution is 6.02. The smallest absolute Gasteiger partial charge is 0.0995 e. The summed E-state index contributed by atoms with van der Waals surface area (Å²) in [5.74, 6) is 0. The second kappa shape index (κ2) is 6.14. The van der Waals surface area contributed by atoms with E-state index in [1.54, 1.807) is 12.5 Å². The number of hydrogen-bond acceptors (Lipinski definition) is 4. The molecule has 0 fully saturated rings. The molecule has 0 unspecified atom stereocenters. The summed E-state index contributed by atoms with van der Waals surface area (Å²) in [5, 5.41) is 1.07. The molecule has 0 spiro atoms. The fourth-order valence-corrected chi connectivity index (χ4v) is 2.70. The summed E-state index contributed by atoms with van der Waals surface area (Å²) >= 11 is 0. The van der Waals surface area contributed by atoms with E-state index in [1.165, 1.54) is 0 Å². The van der Waals surface area contributed by atoms with Gasteiger partial charge in [0.05, 0.1) is 47.5 Å². The van der Waals surface area contributed by atoms with Gasteiger partial charge in [0.25, 0.3) is 0 Å². The van der Waals surface area contributed by atoms with Crippen LogP contribution in [0, 0.1) is 0 Å². The van der Waals surface area contributed by atoms with Gasteiger partial charge in [-0.25, -0.2) is 4.98 Å². The molecule has 5 nitrogen and oxygen atoms in total. The van der Waals surface area contributed by atoms with Gasteiger partial charge in [-0.3, -0.25) is 9.97 Å². The minimum atomic E-state index is 0.514. The molecule has 0 atom stereocenters. The van der Waals surface area contributed by atoms with Crippen molar-refractivity contribution in [3.8, 4) is 0 Å². The van der Waals surface area contributed by atoms with Crippen molar-refractivity contribution in [2.75, 3.05) is 6.61 Å². The molecule has 1 N–H and O–H groups in total. The highest BCUT2D eigenvalue weighted by Crippen LogP contribution is 2.23. The van der Waals surface area contributed by atoms with Gasteiger partial charge in [-0.15, -0.1) is 0 Å². The van der Waals surface area contributed by atoms with E-state index in [4.69, 9.17) is 9.72 Å². The Labute approximate surface area is 133 Å². The van der Waals surface area contributed by atoms with E-state index in [2.05, 4.69) is 15.0 Å². The maximum atomic E-state index is 5.72. The van der Waals surface area contributed by atoms with Crippen LogP contribution in [0.15, 0.2) is 55.0 Å². The molecule has 1 aromatic carbocycles. The van der Waals surface area contributed by atoms with E-state index < -0.39 is 0 Å². The molecule has 0 saturated heterocycles. The summed E-state index contributed by atoms with van der Waals surface area (Å²) in [4.78, 5) is 16.6. The summed E-state index contributed by atoms with van der Waals surface area (Å²) in [5.41, 5.74) is 4.84. The summed E-state index contributed by atoms with van der Waals surface area (Å²) in [6.07, 6.45) is 4.23. The molecule has 0 aliphatic rings. The Morgan fingerprint density at radius 1 is 1.00 bits per heavy atom. The van der Waals surface area contributed by atoms with Crippen LogP contribution in [-0.4, -0.2) is 26.5 Å². The number of hydrogen-bond donors (Lipinski definition) is 1. The van der Waals surface area contributed by atoms with Gasteiger partial charge < -0.3 is 9.72 Å². The quantitative estimate of drug-likeness (QED) is 0.575. The normalized spacial score (nSPS) is 11.3. The number of imidazole rings is 1. The lowest BCUT2D eigenvalue weighted by molar-refractivity contribution is 0.121. The minimum absolute atomic E-state index is 0.514. The van der Waals surface area contributed by atoms with Crippen LogP contribution in [0.4, 0.5) is 0 Å². The van der Waals surface area contributed by atoms with Crippen molar-refractivity contribution >= 4 is 21.9 Å². The maximum absolute atomic E-state index is 5.72. The zero-order valence-electron chi connectivity index (χ0n) is 12.6. The van der Waals surface area contributed by atoms with Crippen LogP contribution in [0.5, 0.6) is 0 Å². The highest BCUT2D eigenvalue weighted by Gasteiger charge is 2.10. The van der Waals surface area contributed by atoms with Gasteiger partial charge in [0, 0.05) is 18.0 Å². The van der Waals surface area contributed by atoms with Crippen LogP contribution in [0.25, 0.3) is 21.9 Å². The molecule has 5 heteroatoms. The van der Waals surface area contributed by atoms with Crippen LogP contribution in [0.2, 0.25) is 0 Å². The molecule has 0 saturated carbocycles. The third-order valence-electron chi connectivity index (χ3n) is 3.80. The van der Waals surface area contributed by atoms with Gasteiger partial charge in [-0.2, -0.15) is 0 Å². The zero-order chi connectivity index (χ0) is 15.5. The van der Waals surface area contributed by atoms with Crippen molar-refractivity contribution in [2.45, 2.75) is 13.0 Å². The topological polar surface area (TPSA) is 63.7 Å². The van der Waals surface area contributed by atoms with Gasteiger partial charge >= 0.3 is 0 Å². The lowest BCUT2D eigenvalue weighted by Gasteiger charge is -2.06. The van der Waals surface area contributed by atoms with Crippen molar-refractivity contribution in [3.05, 3.63) is 66.4 Å². The summed E-state index contributed by atoms with van der Waals surface area (Å²) in [6, 6.07) is 13.9. The van der Waals surface area contributed by atoms with Crippen LogP contribution >= 0.6 is 0 Å². The number of nitrogens with zero attached hydrogens (tertiary/aromatic N) is 3. The average Bonchev–Trinajstić information content (AvgIpc) is 3.10. The lowest BCUT2D eigenvalue weighted by Crippen LogP contribution is -2.03. The SMILES string of the molecule is c1ccc(COCCc2nc3ccccc3c3nc[nH]c23)nc1. The number of para-hydroxylation sites is 1. The van der Waals surface area contributed by atoms with E-state index >= 15 is 0 Å². The van der Waals surface area contributed by atoms with Gasteiger partial charge in [-0.05, 0) is 18.2 Å². The number of pyridine rings is 2. The highest BCUT2D eigenvalue weighted by atomic mass is 16.5. The number of ether oxygens (including phenoxy) is 1. The van der Waals surface area contributed by atoms with E-state index in [0.717, 1.165) is 39.7 Å². The summed E-state index contributed by atoms with van der Waals surface area (Å²) in [6.45, 7) is 1.11. The molecule has 3 aromatic heterocycles. The molecule has 114 valence electrons. The first-order chi connectivity index (χ1) is 11.4. The Balaban J connectivity index is 1.53. The fraction of sp³-hybridized carbons (Fsp3) is 0.167. The van der Waals surface area contributed by atoms with Crippen LogP contribution < -0.4 is 0 Å². The second-order valence-electron chi connectivity index (χ2n) is 5.33. The fourth-order valence-electron chi connectivity index (χ4n) is 2.70. The van der Waals surface area contributed by atoms with Crippen molar-refractivity contribution in [2.24, 2.45) is 0 Å². The van der Waals surface area contributed by atoms with E-state index in [1.807, 2.05) is 42.5 Å². The number of fused-ring (bicyclic) bond motifs is 3. The number of benzene rings is 1. The second-order valence-corrected chi connectivity index (χ2v) is 5.33. The van der Waals surface area contributed by atoms with Crippen LogP contribution in [0.1, 0.15) is 11.4 Å². The molecular weight excluding hydrogens is 288 g/mol. The van der Waals surface area contributed by atoms with Gasteiger partial charge in [-0.1, -0.05) is 24.3 Å². The molecule has 3 heterocycles. The molecule has 0 bridgehead atoms. The van der Waals surface area contributed by atoms with Gasteiger partial charge in [0.2, 0.25) is 0 Å². The summed E-state index contributed by atoms with van der Waals surface area (Å²) in [7, 11) is 0. The number of nitrogens with one attached hydrogen (secondary N) is 1. The Morgan fingerprint density at radius 2 is 1.91 bits per heavy atom. The van der Waals surface area contributed by atoms with Crippen molar-refractivity contribution in [1.29, 1.82) is 0 Å². The molecule has 0 amide bonds. The predicted octanol–water partition coefficient (Wildman–Crippen LogP) is 3.27. The number of aromatic amines is 1. The predicted molar refractivity (Wildman–Crippen MR) is 89.0 cm³/mol. The van der Waals surface area contributed by atoms with Crippen molar-refractivity contribution in [1.82, 2.24) is 19.9 Å².